The molecule has 25 heavy (non-hydrogen) atoms. The first kappa shape index (κ1) is 17.1. The van der Waals surface area contributed by atoms with Crippen LogP contribution in [0.2, 0.25) is 0 Å². The third-order valence-electron chi connectivity index (χ3n) is 4.06. The molecule has 0 bridgehead atoms. The predicted molar refractivity (Wildman–Crippen MR) is 96.4 cm³/mol. The van der Waals surface area contributed by atoms with E-state index in [2.05, 4.69) is 21.4 Å². The Kier molecular flexibility index (Phi) is 5.38. The standard InChI is InChI=1S/C19H23N3O3/c1-13-9-14(12-20-11-13)10-16(22-19-21-7-8-25-19)15-5-4-6-17(23-2)18(15)24-3/h4-6,9,11-12,16H,7-8,10H2,1-3H3,(H,21,22). The molecule has 0 fully saturated rings. The highest BCUT2D eigenvalue weighted by molar-refractivity contribution is 5.75. The van der Waals surface area contributed by atoms with Crippen LogP contribution in [0.5, 0.6) is 11.5 Å². The summed E-state index contributed by atoms with van der Waals surface area (Å²) in [5.74, 6) is 1.41. The second-order valence-corrected chi connectivity index (χ2v) is 5.89. The average Bonchev–Trinajstić information content (AvgIpc) is 3.13. The molecule has 1 N–H and O–H groups in total. The van der Waals surface area contributed by atoms with Crippen LogP contribution in [-0.2, 0) is 11.2 Å². The molecule has 0 radical (unpaired) electrons. The van der Waals surface area contributed by atoms with Crippen molar-refractivity contribution in [2.45, 2.75) is 19.4 Å². The number of hydrogen-bond acceptors (Lipinski definition) is 6. The minimum atomic E-state index is -0.0782. The molecule has 132 valence electrons. The van der Waals surface area contributed by atoms with Crippen molar-refractivity contribution in [1.82, 2.24) is 10.3 Å². The number of hydrogen-bond donors (Lipinski definition) is 1. The summed E-state index contributed by atoms with van der Waals surface area (Å²) in [6.07, 6.45) is 4.45. The highest BCUT2D eigenvalue weighted by Crippen LogP contribution is 2.36. The Morgan fingerprint density at radius 2 is 2.12 bits per heavy atom. The molecular weight excluding hydrogens is 318 g/mol. The number of benzene rings is 1. The molecular formula is C19H23N3O3. The van der Waals surface area contributed by atoms with Crippen LogP contribution >= 0.6 is 0 Å². The summed E-state index contributed by atoms with van der Waals surface area (Å²) in [7, 11) is 3.29. The fourth-order valence-electron chi connectivity index (χ4n) is 2.96. The van der Waals surface area contributed by atoms with Gasteiger partial charge in [0.1, 0.15) is 6.61 Å². The number of amidine groups is 1. The molecule has 1 aromatic carbocycles. The highest BCUT2D eigenvalue weighted by atomic mass is 16.5. The van der Waals surface area contributed by atoms with E-state index < -0.39 is 0 Å². The Hall–Kier alpha value is -2.76. The zero-order chi connectivity index (χ0) is 17.6. The van der Waals surface area contributed by atoms with E-state index in [4.69, 9.17) is 14.2 Å². The maximum Gasteiger partial charge on any atom is 0.285 e. The van der Waals surface area contributed by atoms with Crippen molar-refractivity contribution in [3.05, 3.63) is 53.3 Å². The number of para-hydroxylation sites is 1. The molecule has 1 unspecified atom stereocenters. The number of aliphatic imine (C=N–C) groups is 1. The summed E-state index contributed by atoms with van der Waals surface area (Å²) < 4.78 is 16.6. The number of aryl methyl sites for hydroxylation is 1. The van der Waals surface area contributed by atoms with Crippen LogP contribution in [0.1, 0.15) is 22.7 Å². The van der Waals surface area contributed by atoms with Crippen LogP contribution in [0.3, 0.4) is 0 Å². The van der Waals surface area contributed by atoms with Crippen molar-refractivity contribution in [2.75, 3.05) is 27.4 Å². The van der Waals surface area contributed by atoms with Crippen LogP contribution in [-0.4, -0.2) is 38.4 Å². The predicted octanol–water partition coefficient (Wildman–Crippen LogP) is 2.67. The molecule has 1 aliphatic rings. The lowest BCUT2D eigenvalue weighted by Gasteiger charge is -2.23. The molecule has 2 heterocycles. The van der Waals surface area contributed by atoms with Gasteiger partial charge in [-0.05, 0) is 30.5 Å². The third kappa shape index (κ3) is 4.02. The van der Waals surface area contributed by atoms with Gasteiger partial charge in [0, 0.05) is 18.0 Å². The minimum Gasteiger partial charge on any atom is -0.493 e. The fourth-order valence-corrected chi connectivity index (χ4v) is 2.96. The van der Waals surface area contributed by atoms with Gasteiger partial charge in [0.25, 0.3) is 6.02 Å². The Balaban J connectivity index is 1.95. The van der Waals surface area contributed by atoms with Crippen LogP contribution in [0.4, 0.5) is 0 Å². The third-order valence-corrected chi connectivity index (χ3v) is 4.06. The second-order valence-electron chi connectivity index (χ2n) is 5.89. The van der Waals surface area contributed by atoms with Gasteiger partial charge in [-0.2, -0.15) is 0 Å². The van der Waals surface area contributed by atoms with E-state index in [1.54, 1.807) is 14.2 Å². The quantitative estimate of drug-likeness (QED) is 0.875. The average molecular weight is 341 g/mol. The van der Waals surface area contributed by atoms with Crippen molar-refractivity contribution in [3.63, 3.8) is 0 Å². The summed E-state index contributed by atoms with van der Waals surface area (Å²) in [5, 5.41) is 3.39. The van der Waals surface area contributed by atoms with Crippen LogP contribution in [0, 0.1) is 6.92 Å². The van der Waals surface area contributed by atoms with E-state index in [0.717, 1.165) is 23.1 Å². The van der Waals surface area contributed by atoms with E-state index in [0.29, 0.717) is 30.7 Å². The maximum atomic E-state index is 5.61. The molecule has 0 spiro atoms. The van der Waals surface area contributed by atoms with Gasteiger partial charge in [0.15, 0.2) is 11.5 Å². The topological polar surface area (TPSA) is 65.0 Å². The molecule has 0 aliphatic carbocycles. The highest BCUT2D eigenvalue weighted by Gasteiger charge is 2.22. The van der Waals surface area contributed by atoms with Crippen molar-refractivity contribution in [2.24, 2.45) is 4.99 Å². The van der Waals surface area contributed by atoms with Gasteiger partial charge in [-0.1, -0.05) is 18.2 Å². The Morgan fingerprint density at radius 1 is 1.24 bits per heavy atom. The van der Waals surface area contributed by atoms with Crippen LogP contribution < -0.4 is 14.8 Å². The minimum absolute atomic E-state index is 0.0782. The lowest BCUT2D eigenvalue weighted by Crippen LogP contribution is -2.30. The number of nitrogens with zero attached hydrogens (tertiary/aromatic N) is 2. The van der Waals surface area contributed by atoms with Gasteiger partial charge in [0.05, 0.1) is 26.8 Å². The van der Waals surface area contributed by atoms with Gasteiger partial charge in [-0.25, -0.2) is 4.99 Å². The monoisotopic (exact) mass is 341 g/mol. The molecule has 6 heteroatoms. The Labute approximate surface area is 147 Å². The molecule has 1 atom stereocenters. The van der Waals surface area contributed by atoms with E-state index in [1.807, 2.05) is 37.5 Å². The number of pyridine rings is 1. The second kappa shape index (κ2) is 7.88. The van der Waals surface area contributed by atoms with Gasteiger partial charge in [0.2, 0.25) is 0 Å². The number of methoxy groups -OCH3 is 2. The largest absolute Gasteiger partial charge is 0.493 e. The van der Waals surface area contributed by atoms with Gasteiger partial charge >= 0.3 is 0 Å². The molecule has 1 aliphatic heterocycles. The van der Waals surface area contributed by atoms with E-state index in [1.165, 1.54) is 0 Å². The van der Waals surface area contributed by atoms with Crippen molar-refractivity contribution in [1.29, 1.82) is 0 Å². The molecule has 1 aromatic heterocycles. The number of rotatable bonds is 6. The van der Waals surface area contributed by atoms with Crippen molar-refractivity contribution < 1.29 is 14.2 Å². The molecule has 3 rings (SSSR count). The summed E-state index contributed by atoms with van der Waals surface area (Å²) in [5.41, 5.74) is 3.24. The zero-order valence-electron chi connectivity index (χ0n) is 14.8. The summed E-state index contributed by atoms with van der Waals surface area (Å²) in [6, 6.07) is 8.48. The SMILES string of the molecule is COc1cccc(C(Cc2cncc(C)c2)NC2=NCCO2)c1OC. The van der Waals surface area contributed by atoms with Gasteiger partial charge in [-0.15, -0.1) is 0 Å². The van der Waals surface area contributed by atoms with Crippen molar-refractivity contribution >= 4 is 6.02 Å². The van der Waals surface area contributed by atoms with E-state index in [-0.39, 0.29) is 6.04 Å². The summed E-state index contributed by atoms with van der Waals surface area (Å²) in [6.45, 7) is 3.32. The number of aromatic nitrogens is 1. The van der Waals surface area contributed by atoms with Gasteiger partial charge < -0.3 is 19.5 Å². The maximum absolute atomic E-state index is 5.61. The summed E-state index contributed by atoms with van der Waals surface area (Å²) >= 11 is 0. The lowest BCUT2D eigenvalue weighted by atomic mass is 9.98. The Bertz CT molecular complexity index is 761. The van der Waals surface area contributed by atoms with Crippen LogP contribution in [0.25, 0.3) is 0 Å². The van der Waals surface area contributed by atoms with E-state index >= 15 is 0 Å². The first-order valence-electron chi connectivity index (χ1n) is 8.26. The van der Waals surface area contributed by atoms with E-state index in [9.17, 15) is 0 Å². The molecule has 0 saturated heterocycles. The zero-order valence-corrected chi connectivity index (χ0v) is 14.8. The fraction of sp³-hybridized carbons (Fsp3) is 0.368. The molecule has 0 saturated carbocycles. The first-order chi connectivity index (χ1) is 12.2. The van der Waals surface area contributed by atoms with Crippen LogP contribution in [0.15, 0.2) is 41.7 Å². The molecule has 6 nitrogen and oxygen atoms in total. The van der Waals surface area contributed by atoms with Gasteiger partial charge in [-0.3, -0.25) is 4.98 Å². The number of nitrogens with one attached hydrogen (secondary N) is 1. The lowest BCUT2D eigenvalue weighted by molar-refractivity contribution is 0.321. The summed E-state index contributed by atoms with van der Waals surface area (Å²) in [4.78, 5) is 8.65. The smallest absolute Gasteiger partial charge is 0.285 e. The first-order valence-corrected chi connectivity index (χ1v) is 8.26. The van der Waals surface area contributed by atoms with Crippen molar-refractivity contribution in [3.8, 4) is 11.5 Å². The normalized spacial score (nSPS) is 14.4. The molecule has 0 amide bonds. The molecule has 2 aromatic rings. The Morgan fingerprint density at radius 3 is 2.80 bits per heavy atom. The number of ether oxygens (including phenoxy) is 3.